The van der Waals surface area contributed by atoms with Crippen molar-refractivity contribution in [1.29, 1.82) is 0 Å². The Morgan fingerprint density at radius 3 is 2.08 bits per heavy atom. The first-order valence-corrected chi connectivity index (χ1v) is 7.54. The second-order valence-corrected chi connectivity index (χ2v) is 6.36. The molecule has 2 aromatic carbocycles. The first-order chi connectivity index (χ1) is 11.3. The average Bonchev–Trinajstić information content (AvgIpc) is 2.54. The summed E-state index contributed by atoms with van der Waals surface area (Å²) in [5.41, 5.74) is 0.627. The van der Waals surface area contributed by atoms with Crippen LogP contribution in [0.2, 0.25) is 0 Å². The molecule has 1 N–H and O–H groups in total. The van der Waals surface area contributed by atoms with Crippen LogP contribution in [0.3, 0.4) is 0 Å². The van der Waals surface area contributed by atoms with Gasteiger partial charge < -0.3 is 19.3 Å². The molecular formula is C19H22O5. The van der Waals surface area contributed by atoms with E-state index >= 15 is 0 Å². The average molecular weight is 330 g/mol. The molecule has 0 aliphatic carbocycles. The second kappa shape index (κ2) is 6.83. The van der Waals surface area contributed by atoms with E-state index in [4.69, 9.17) is 14.2 Å². The maximum atomic E-state index is 12.6. The van der Waals surface area contributed by atoms with Crippen molar-refractivity contribution in [3.63, 3.8) is 0 Å². The molecule has 0 aliphatic rings. The normalized spacial score (nSPS) is 11.0. The lowest BCUT2D eigenvalue weighted by molar-refractivity contribution is 0.0727. The number of rotatable bonds is 4. The van der Waals surface area contributed by atoms with Crippen LogP contribution in [0.1, 0.15) is 36.7 Å². The number of benzene rings is 2. The summed E-state index contributed by atoms with van der Waals surface area (Å²) < 4.78 is 15.9. The van der Waals surface area contributed by atoms with E-state index in [2.05, 4.69) is 0 Å². The predicted molar refractivity (Wildman–Crippen MR) is 91.3 cm³/mol. The van der Waals surface area contributed by atoms with Crippen LogP contribution >= 0.6 is 0 Å². The van der Waals surface area contributed by atoms with Gasteiger partial charge >= 0.3 is 5.97 Å². The number of hydrogen-bond acceptors (Lipinski definition) is 5. The van der Waals surface area contributed by atoms with Crippen molar-refractivity contribution in [2.75, 3.05) is 14.2 Å². The fraction of sp³-hybridized carbons (Fsp3) is 0.316. The molecule has 24 heavy (non-hydrogen) atoms. The summed E-state index contributed by atoms with van der Waals surface area (Å²) in [6.07, 6.45) is 0. The van der Waals surface area contributed by atoms with Crippen molar-refractivity contribution >= 4 is 5.97 Å². The molecule has 0 aromatic heterocycles. The van der Waals surface area contributed by atoms with Crippen molar-refractivity contribution < 1.29 is 24.1 Å². The molecular weight excluding hydrogens is 308 g/mol. The van der Waals surface area contributed by atoms with E-state index < -0.39 is 5.97 Å². The van der Waals surface area contributed by atoms with Crippen molar-refractivity contribution in [3.05, 3.63) is 47.5 Å². The molecule has 128 valence electrons. The molecule has 5 heteroatoms. The zero-order chi connectivity index (χ0) is 17.9. The summed E-state index contributed by atoms with van der Waals surface area (Å²) in [4.78, 5) is 12.6. The summed E-state index contributed by atoms with van der Waals surface area (Å²) in [6.45, 7) is 5.91. The highest BCUT2D eigenvalue weighted by atomic mass is 16.5. The van der Waals surface area contributed by atoms with E-state index in [0.717, 1.165) is 0 Å². The molecule has 0 spiro atoms. The molecule has 0 bridgehead atoms. The van der Waals surface area contributed by atoms with Crippen molar-refractivity contribution in [2.24, 2.45) is 0 Å². The zero-order valence-corrected chi connectivity index (χ0v) is 14.5. The largest absolute Gasteiger partial charge is 0.508 e. The molecule has 0 saturated heterocycles. The Hall–Kier alpha value is -2.69. The fourth-order valence-corrected chi connectivity index (χ4v) is 2.39. The summed E-state index contributed by atoms with van der Waals surface area (Å²) in [5, 5.41) is 10.0. The smallest absolute Gasteiger partial charge is 0.351 e. The highest BCUT2D eigenvalue weighted by Crippen LogP contribution is 2.35. The molecule has 0 radical (unpaired) electrons. The number of methoxy groups -OCH3 is 2. The molecule has 0 heterocycles. The highest BCUT2D eigenvalue weighted by Gasteiger charge is 2.23. The molecule has 0 atom stereocenters. The van der Waals surface area contributed by atoms with E-state index in [1.807, 2.05) is 20.8 Å². The Kier molecular flexibility index (Phi) is 5.02. The monoisotopic (exact) mass is 330 g/mol. The number of ether oxygens (including phenoxy) is 3. The number of carbonyl (C=O) groups is 1. The minimum absolute atomic E-state index is 0.164. The van der Waals surface area contributed by atoms with Gasteiger partial charge in [-0.05, 0) is 35.7 Å². The topological polar surface area (TPSA) is 65.0 Å². The number of esters is 1. The number of phenolic OH excluding ortho intramolecular Hbond substituents is 1. The Morgan fingerprint density at radius 2 is 1.58 bits per heavy atom. The van der Waals surface area contributed by atoms with E-state index in [-0.39, 0.29) is 16.7 Å². The van der Waals surface area contributed by atoms with Crippen molar-refractivity contribution in [3.8, 4) is 23.0 Å². The van der Waals surface area contributed by atoms with Gasteiger partial charge in [0.1, 0.15) is 28.6 Å². The zero-order valence-electron chi connectivity index (χ0n) is 14.5. The van der Waals surface area contributed by atoms with Gasteiger partial charge in [0.15, 0.2) is 0 Å². The van der Waals surface area contributed by atoms with Crippen LogP contribution in [0.4, 0.5) is 0 Å². The Bertz CT molecular complexity index is 722. The van der Waals surface area contributed by atoms with Crippen LogP contribution in [-0.2, 0) is 5.41 Å². The third-order valence-electron chi connectivity index (χ3n) is 3.62. The summed E-state index contributed by atoms with van der Waals surface area (Å²) >= 11 is 0. The molecule has 0 aliphatic heterocycles. The van der Waals surface area contributed by atoms with Gasteiger partial charge in [0, 0.05) is 5.56 Å². The summed E-state index contributed by atoms with van der Waals surface area (Å²) in [7, 11) is 2.95. The molecule has 2 aromatic rings. The second-order valence-electron chi connectivity index (χ2n) is 6.36. The Labute approximate surface area is 141 Å². The van der Waals surface area contributed by atoms with Gasteiger partial charge in [-0.25, -0.2) is 4.79 Å². The minimum atomic E-state index is -0.588. The number of carbonyl (C=O) groups excluding carboxylic acids is 1. The van der Waals surface area contributed by atoms with Crippen LogP contribution in [0.15, 0.2) is 36.4 Å². The Balaban J connectivity index is 2.38. The quantitative estimate of drug-likeness (QED) is 0.680. The molecule has 0 amide bonds. The SMILES string of the molecule is COc1cccc(OC)c1C(=O)Oc1ccc(O)c(C(C)(C)C)c1. The first-order valence-electron chi connectivity index (χ1n) is 7.54. The van der Waals surface area contributed by atoms with Gasteiger partial charge in [-0.15, -0.1) is 0 Å². The molecule has 2 rings (SSSR count). The van der Waals surface area contributed by atoms with Crippen LogP contribution in [0.25, 0.3) is 0 Å². The third-order valence-corrected chi connectivity index (χ3v) is 3.62. The summed E-state index contributed by atoms with van der Waals surface area (Å²) in [6, 6.07) is 9.78. The standard InChI is InChI=1S/C19H22O5/c1-19(2,3)13-11-12(9-10-14(13)20)24-18(21)17-15(22-4)7-6-8-16(17)23-5/h6-11,20H,1-5H3. The van der Waals surface area contributed by atoms with Crippen LogP contribution < -0.4 is 14.2 Å². The van der Waals surface area contributed by atoms with Gasteiger partial charge in [0.2, 0.25) is 0 Å². The van der Waals surface area contributed by atoms with Gasteiger partial charge in [-0.1, -0.05) is 26.8 Å². The lowest BCUT2D eigenvalue weighted by Gasteiger charge is -2.21. The van der Waals surface area contributed by atoms with E-state index in [9.17, 15) is 9.90 Å². The van der Waals surface area contributed by atoms with Crippen LogP contribution in [-0.4, -0.2) is 25.3 Å². The fourth-order valence-electron chi connectivity index (χ4n) is 2.39. The van der Waals surface area contributed by atoms with E-state index in [0.29, 0.717) is 22.8 Å². The van der Waals surface area contributed by atoms with E-state index in [1.165, 1.54) is 20.3 Å². The van der Waals surface area contributed by atoms with Crippen molar-refractivity contribution in [1.82, 2.24) is 0 Å². The summed E-state index contributed by atoms with van der Waals surface area (Å²) in [5.74, 6) is 0.658. The highest BCUT2D eigenvalue weighted by molar-refractivity contribution is 5.97. The van der Waals surface area contributed by atoms with Crippen LogP contribution in [0, 0.1) is 0 Å². The molecule has 0 fully saturated rings. The lowest BCUT2D eigenvalue weighted by atomic mass is 9.86. The van der Waals surface area contributed by atoms with Gasteiger partial charge in [0.25, 0.3) is 0 Å². The Morgan fingerprint density at radius 1 is 1.00 bits per heavy atom. The number of aromatic hydroxyl groups is 1. The maximum Gasteiger partial charge on any atom is 0.351 e. The van der Waals surface area contributed by atoms with Crippen LogP contribution in [0.5, 0.6) is 23.0 Å². The lowest BCUT2D eigenvalue weighted by Crippen LogP contribution is -2.14. The number of phenols is 1. The predicted octanol–water partition coefficient (Wildman–Crippen LogP) is 3.93. The molecule has 0 saturated carbocycles. The van der Waals surface area contributed by atoms with Gasteiger partial charge in [-0.3, -0.25) is 0 Å². The van der Waals surface area contributed by atoms with Crippen molar-refractivity contribution in [2.45, 2.75) is 26.2 Å². The first kappa shape index (κ1) is 17.7. The number of hydrogen-bond donors (Lipinski definition) is 1. The van der Waals surface area contributed by atoms with Gasteiger partial charge in [-0.2, -0.15) is 0 Å². The maximum absolute atomic E-state index is 12.6. The molecule has 0 unspecified atom stereocenters. The van der Waals surface area contributed by atoms with Gasteiger partial charge in [0.05, 0.1) is 14.2 Å². The van der Waals surface area contributed by atoms with E-state index in [1.54, 1.807) is 30.3 Å². The molecule has 5 nitrogen and oxygen atoms in total. The minimum Gasteiger partial charge on any atom is -0.508 e. The third kappa shape index (κ3) is 3.62.